The van der Waals surface area contributed by atoms with Gasteiger partial charge in [0.25, 0.3) is 0 Å². The molecule has 0 atom stereocenters. The first kappa shape index (κ1) is 20.8. The Hall–Kier alpha value is -2.55. The van der Waals surface area contributed by atoms with E-state index in [1.54, 1.807) is 0 Å². The van der Waals surface area contributed by atoms with Gasteiger partial charge in [-0.05, 0) is 31.7 Å². The minimum Gasteiger partial charge on any atom is -0.323 e. The van der Waals surface area contributed by atoms with Crippen LogP contribution in [0.25, 0.3) is 0 Å². The number of carbonyl (C=O) groups is 1. The lowest BCUT2D eigenvalue weighted by molar-refractivity contribution is -0.117. The molecule has 3 saturated heterocycles. The SMILES string of the molecule is O=C(N1CC2(CC(c3n[nH]c(C4CCC4)n3)C2)C1)N1CC2(CN(Cc3ccc(F)cc3F)C2)C1. The highest BCUT2D eigenvalue weighted by molar-refractivity contribution is 5.77. The second-order valence-corrected chi connectivity index (χ2v) is 11.7. The fourth-order valence-electron chi connectivity index (χ4n) is 6.86. The van der Waals surface area contributed by atoms with Crippen molar-refractivity contribution in [2.45, 2.75) is 50.5 Å². The minimum absolute atomic E-state index is 0.153. The topological polar surface area (TPSA) is 68.4 Å². The summed E-state index contributed by atoms with van der Waals surface area (Å²) in [5.74, 6) is 2.02. The van der Waals surface area contributed by atoms with Crippen LogP contribution in [-0.4, -0.2) is 75.2 Å². The Labute approximate surface area is 197 Å². The van der Waals surface area contributed by atoms with Gasteiger partial charge in [0, 0.05) is 80.1 Å². The van der Waals surface area contributed by atoms with E-state index in [9.17, 15) is 13.6 Å². The van der Waals surface area contributed by atoms with E-state index >= 15 is 0 Å². The Kier molecular flexibility index (Phi) is 4.42. The second kappa shape index (κ2) is 7.23. The van der Waals surface area contributed by atoms with Crippen molar-refractivity contribution in [3.05, 3.63) is 47.0 Å². The number of carbonyl (C=O) groups excluding carboxylic acids is 1. The monoisotopic (exact) mass is 468 g/mol. The fraction of sp³-hybridized carbons (Fsp3) is 0.640. The third kappa shape index (κ3) is 3.26. The smallest absolute Gasteiger partial charge is 0.320 e. The van der Waals surface area contributed by atoms with Crippen molar-refractivity contribution in [2.24, 2.45) is 10.8 Å². The van der Waals surface area contributed by atoms with Gasteiger partial charge in [-0.25, -0.2) is 18.6 Å². The molecule has 0 radical (unpaired) electrons. The number of halogens is 2. The van der Waals surface area contributed by atoms with Crippen LogP contribution in [0.2, 0.25) is 0 Å². The third-order valence-electron chi connectivity index (χ3n) is 8.91. The number of amides is 2. The van der Waals surface area contributed by atoms with Gasteiger partial charge >= 0.3 is 6.03 Å². The van der Waals surface area contributed by atoms with Crippen molar-refractivity contribution < 1.29 is 13.6 Å². The van der Waals surface area contributed by atoms with E-state index in [-0.39, 0.29) is 16.9 Å². The Morgan fingerprint density at radius 2 is 1.71 bits per heavy atom. The molecule has 2 aliphatic carbocycles. The third-order valence-corrected chi connectivity index (χ3v) is 8.91. The average molecular weight is 469 g/mol. The van der Waals surface area contributed by atoms with Gasteiger partial charge in [0.05, 0.1) is 0 Å². The molecule has 9 heteroatoms. The zero-order valence-corrected chi connectivity index (χ0v) is 19.3. The number of hydrogen-bond donors (Lipinski definition) is 1. The number of rotatable bonds is 4. The molecule has 34 heavy (non-hydrogen) atoms. The van der Waals surface area contributed by atoms with Crippen LogP contribution < -0.4 is 0 Å². The van der Waals surface area contributed by atoms with Gasteiger partial charge in [0.2, 0.25) is 0 Å². The van der Waals surface area contributed by atoms with E-state index in [2.05, 4.69) is 15.1 Å². The zero-order valence-electron chi connectivity index (χ0n) is 19.3. The van der Waals surface area contributed by atoms with Crippen LogP contribution in [0.5, 0.6) is 0 Å². The van der Waals surface area contributed by atoms with E-state index in [0.717, 1.165) is 69.8 Å². The summed E-state index contributed by atoms with van der Waals surface area (Å²) < 4.78 is 27.0. The van der Waals surface area contributed by atoms with E-state index in [0.29, 0.717) is 23.9 Å². The van der Waals surface area contributed by atoms with Gasteiger partial charge in [-0.2, -0.15) is 5.10 Å². The molecule has 2 amide bonds. The van der Waals surface area contributed by atoms with Crippen molar-refractivity contribution >= 4 is 6.03 Å². The molecule has 1 aromatic heterocycles. The summed E-state index contributed by atoms with van der Waals surface area (Å²) in [5.41, 5.74) is 0.949. The molecule has 5 aliphatic rings. The summed E-state index contributed by atoms with van der Waals surface area (Å²) in [6.07, 6.45) is 5.91. The first-order chi connectivity index (χ1) is 16.4. The molecule has 3 aliphatic heterocycles. The van der Waals surface area contributed by atoms with Crippen LogP contribution >= 0.6 is 0 Å². The van der Waals surface area contributed by atoms with Crippen LogP contribution in [0.4, 0.5) is 13.6 Å². The Bertz CT molecular complexity index is 1120. The van der Waals surface area contributed by atoms with Gasteiger partial charge in [-0.1, -0.05) is 12.5 Å². The highest BCUT2D eigenvalue weighted by atomic mass is 19.1. The molecule has 2 aromatic rings. The van der Waals surface area contributed by atoms with Crippen LogP contribution in [0.15, 0.2) is 18.2 Å². The number of aromatic nitrogens is 3. The maximum atomic E-state index is 13.9. The summed E-state index contributed by atoms with van der Waals surface area (Å²) >= 11 is 0. The summed E-state index contributed by atoms with van der Waals surface area (Å²) in [6.45, 7) is 5.47. The lowest BCUT2D eigenvalue weighted by Gasteiger charge is -2.63. The zero-order chi connectivity index (χ0) is 23.1. The maximum absolute atomic E-state index is 13.9. The molecule has 2 saturated carbocycles. The largest absolute Gasteiger partial charge is 0.323 e. The molecule has 4 heterocycles. The second-order valence-electron chi connectivity index (χ2n) is 11.7. The summed E-state index contributed by atoms with van der Waals surface area (Å²) in [7, 11) is 0. The maximum Gasteiger partial charge on any atom is 0.320 e. The van der Waals surface area contributed by atoms with Crippen LogP contribution in [0.1, 0.15) is 61.2 Å². The van der Waals surface area contributed by atoms with Gasteiger partial charge in [-0.15, -0.1) is 0 Å². The van der Waals surface area contributed by atoms with E-state index < -0.39 is 11.6 Å². The number of likely N-dealkylation sites (tertiary alicyclic amines) is 3. The predicted molar refractivity (Wildman–Crippen MR) is 120 cm³/mol. The van der Waals surface area contributed by atoms with E-state index in [4.69, 9.17) is 4.98 Å². The van der Waals surface area contributed by atoms with Gasteiger partial charge in [0.1, 0.15) is 17.5 Å². The van der Waals surface area contributed by atoms with E-state index in [1.807, 2.05) is 9.80 Å². The molecule has 0 bridgehead atoms. The first-order valence-electron chi connectivity index (χ1n) is 12.5. The van der Waals surface area contributed by atoms with Crippen molar-refractivity contribution in [3.8, 4) is 0 Å². The van der Waals surface area contributed by atoms with Crippen LogP contribution in [0, 0.1) is 22.5 Å². The summed E-state index contributed by atoms with van der Waals surface area (Å²) in [4.78, 5) is 23.8. The van der Waals surface area contributed by atoms with Crippen molar-refractivity contribution in [3.63, 3.8) is 0 Å². The molecule has 0 unspecified atom stereocenters. The molecule has 1 aromatic carbocycles. The van der Waals surface area contributed by atoms with Crippen molar-refractivity contribution in [2.75, 3.05) is 39.3 Å². The normalized spacial score (nSPS) is 25.5. The lowest BCUT2D eigenvalue weighted by atomic mass is 9.57. The number of benzene rings is 1. The molecular weight excluding hydrogens is 438 g/mol. The molecular formula is C25H30F2N6O. The molecule has 1 N–H and O–H groups in total. The predicted octanol–water partition coefficient (Wildman–Crippen LogP) is 3.47. The average Bonchev–Trinajstić information content (AvgIpc) is 3.09. The van der Waals surface area contributed by atoms with E-state index in [1.165, 1.54) is 31.4 Å². The summed E-state index contributed by atoms with van der Waals surface area (Å²) in [6, 6.07) is 3.93. The Balaban J connectivity index is 0.851. The van der Waals surface area contributed by atoms with Crippen molar-refractivity contribution in [1.82, 2.24) is 29.9 Å². The quantitative estimate of drug-likeness (QED) is 0.746. The lowest BCUT2D eigenvalue weighted by Crippen LogP contribution is -2.75. The number of urea groups is 1. The number of hydrogen-bond acceptors (Lipinski definition) is 4. The highest BCUT2D eigenvalue weighted by Gasteiger charge is 2.58. The fourth-order valence-corrected chi connectivity index (χ4v) is 6.86. The number of H-pyrrole nitrogens is 1. The van der Waals surface area contributed by atoms with Gasteiger partial charge < -0.3 is 9.80 Å². The first-order valence-corrected chi connectivity index (χ1v) is 12.5. The molecule has 2 spiro atoms. The van der Waals surface area contributed by atoms with Crippen molar-refractivity contribution in [1.29, 1.82) is 0 Å². The van der Waals surface area contributed by atoms with Gasteiger partial charge in [-0.3, -0.25) is 10.00 Å². The molecule has 7 nitrogen and oxygen atoms in total. The molecule has 180 valence electrons. The summed E-state index contributed by atoms with van der Waals surface area (Å²) in [5, 5.41) is 7.62. The molecule has 7 rings (SSSR count). The highest BCUT2D eigenvalue weighted by Crippen LogP contribution is 2.56. The van der Waals surface area contributed by atoms with Gasteiger partial charge in [0.15, 0.2) is 5.82 Å². The molecule has 5 fully saturated rings. The number of nitrogens with zero attached hydrogens (tertiary/aromatic N) is 5. The Morgan fingerprint density at radius 1 is 1.00 bits per heavy atom. The number of aromatic amines is 1. The van der Waals surface area contributed by atoms with Crippen LogP contribution in [0.3, 0.4) is 0 Å². The standard InChI is InChI=1S/C25H30F2N6O/c26-19-5-4-17(20(27)6-19)9-31-10-25(11-31)14-33(15-25)23(34)32-12-24(13-32)7-18(8-24)22-28-21(29-30-22)16-2-1-3-16/h4-6,16,18H,1-3,7-15H2,(H,28,29,30). The Morgan fingerprint density at radius 3 is 2.35 bits per heavy atom. The van der Waals surface area contributed by atoms with Crippen LogP contribution in [-0.2, 0) is 6.54 Å². The minimum atomic E-state index is -0.546. The number of nitrogens with one attached hydrogen (secondary N) is 1.